The highest BCUT2D eigenvalue weighted by atomic mass is 35.5. The summed E-state index contributed by atoms with van der Waals surface area (Å²) in [5.74, 6) is 5.96. The molecule has 4 rings (SSSR count). The number of rotatable bonds is 1. The summed E-state index contributed by atoms with van der Waals surface area (Å²) in [6.07, 6.45) is 4.03. The molecular weight excluding hydrogens is 320 g/mol. The van der Waals surface area contributed by atoms with Crippen molar-refractivity contribution in [3.63, 3.8) is 0 Å². The monoisotopic (exact) mass is 342 g/mol. The van der Waals surface area contributed by atoms with Crippen LogP contribution in [0.3, 0.4) is 0 Å². The highest BCUT2D eigenvalue weighted by Crippen LogP contribution is 2.37. The first-order valence-corrected chi connectivity index (χ1v) is 8.97. The Hall–Kier alpha value is -1.46. The normalized spacial score (nSPS) is 21.9. The van der Waals surface area contributed by atoms with E-state index in [9.17, 15) is 0 Å². The fraction of sp³-hybridized carbons (Fsp3) is 0.421. The van der Waals surface area contributed by atoms with E-state index in [4.69, 9.17) is 22.4 Å². The lowest BCUT2D eigenvalue weighted by molar-refractivity contribution is 0.108. The molecule has 0 spiro atoms. The van der Waals surface area contributed by atoms with E-state index in [1.54, 1.807) is 0 Å². The van der Waals surface area contributed by atoms with E-state index in [-0.39, 0.29) is 6.04 Å². The third-order valence-corrected chi connectivity index (χ3v) is 5.41. The molecule has 0 saturated carbocycles. The molecule has 1 aromatic carbocycles. The number of pyridine rings is 1. The number of hydrogen-bond acceptors (Lipinski definition) is 4. The summed E-state index contributed by atoms with van der Waals surface area (Å²) in [7, 11) is 0. The van der Waals surface area contributed by atoms with Gasteiger partial charge in [-0.15, -0.1) is 0 Å². The third kappa shape index (κ3) is 2.95. The van der Waals surface area contributed by atoms with Gasteiger partial charge >= 0.3 is 0 Å². The Labute approximate surface area is 148 Å². The summed E-state index contributed by atoms with van der Waals surface area (Å²) >= 11 is 6.27. The van der Waals surface area contributed by atoms with Crippen LogP contribution in [0.15, 0.2) is 30.5 Å². The number of hydrazine groups is 1. The summed E-state index contributed by atoms with van der Waals surface area (Å²) in [6, 6.07) is 8.81. The molecule has 1 saturated heterocycles. The SMILES string of the molecule is Cc1cnc2c(c1)CCc1cc(Cl)ccc1C2N1CCN(N)CC1. The lowest BCUT2D eigenvalue weighted by Gasteiger charge is -2.38. The summed E-state index contributed by atoms with van der Waals surface area (Å²) < 4.78 is 0. The van der Waals surface area contributed by atoms with Crippen molar-refractivity contribution < 1.29 is 0 Å². The fourth-order valence-corrected chi connectivity index (χ4v) is 4.12. The van der Waals surface area contributed by atoms with E-state index in [0.29, 0.717) is 0 Å². The van der Waals surface area contributed by atoms with Crippen LogP contribution >= 0.6 is 11.6 Å². The van der Waals surface area contributed by atoms with Gasteiger partial charge in [0, 0.05) is 37.4 Å². The molecule has 1 aliphatic carbocycles. The molecule has 0 bridgehead atoms. The minimum absolute atomic E-state index is 0.198. The zero-order valence-electron chi connectivity index (χ0n) is 14.0. The molecule has 2 aromatic rings. The quantitative estimate of drug-likeness (QED) is 0.809. The molecule has 2 N–H and O–H groups in total. The average Bonchev–Trinajstić information content (AvgIpc) is 2.72. The number of aryl methyl sites for hydroxylation is 3. The predicted molar refractivity (Wildman–Crippen MR) is 97.0 cm³/mol. The van der Waals surface area contributed by atoms with Crippen LogP contribution in [0.5, 0.6) is 0 Å². The smallest absolute Gasteiger partial charge is 0.0782 e. The predicted octanol–water partition coefficient (Wildman–Crippen LogP) is 2.72. The number of fused-ring (bicyclic) bond motifs is 2. The maximum Gasteiger partial charge on any atom is 0.0782 e. The molecular formula is C19H23ClN4. The zero-order valence-corrected chi connectivity index (χ0v) is 14.8. The Morgan fingerprint density at radius 2 is 1.83 bits per heavy atom. The van der Waals surface area contributed by atoms with E-state index in [0.717, 1.165) is 44.0 Å². The molecule has 126 valence electrons. The number of hydrogen-bond donors (Lipinski definition) is 1. The van der Waals surface area contributed by atoms with Crippen molar-refractivity contribution in [2.24, 2.45) is 5.84 Å². The number of nitrogens with zero attached hydrogens (tertiary/aromatic N) is 3. The molecule has 1 atom stereocenters. The maximum absolute atomic E-state index is 6.27. The standard InChI is InChI=1S/C19H23ClN4/c1-13-10-15-3-2-14-11-16(20)4-5-17(14)19(18(15)22-12-13)23-6-8-24(21)9-7-23/h4-5,10-12,19H,2-3,6-9,21H2,1H3. The average molecular weight is 343 g/mol. The molecule has 2 aliphatic rings. The fourth-order valence-electron chi connectivity index (χ4n) is 3.93. The number of nitrogens with two attached hydrogens (primary N) is 1. The van der Waals surface area contributed by atoms with Gasteiger partial charge in [-0.05, 0) is 54.2 Å². The third-order valence-electron chi connectivity index (χ3n) is 5.17. The van der Waals surface area contributed by atoms with Crippen LogP contribution in [-0.2, 0) is 12.8 Å². The topological polar surface area (TPSA) is 45.4 Å². The second-order valence-electron chi connectivity index (χ2n) is 6.87. The van der Waals surface area contributed by atoms with Crippen LogP contribution in [0.25, 0.3) is 0 Å². The van der Waals surface area contributed by atoms with Crippen LogP contribution in [0.4, 0.5) is 0 Å². The molecule has 5 heteroatoms. The van der Waals surface area contributed by atoms with Crippen molar-refractivity contribution in [3.8, 4) is 0 Å². The first-order valence-electron chi connectivity index (χ1n) is 8.59. The minimum atomic E-state index is 0.198. The van der Waals surface area contributed by atoms with Gasteiger partial charge in [0.1, 0.15) is 0 Å². The lowest BCUT2D eigenvalue weighted by Crippen LogP contribution is -2.50. The maximum atomic E-state index is 6.27. The summed E-state index contributed by atoms with van der Waals surface area (Å²) in [4.78, 5) is 7.37. The van der Waals surface area contributed by atoms with Crippen molar-refractivity contribution in [1.82, 2.24) is 14.9 Å². The van der Waals surface area contributed by atoms with Gasteiger partial charge in [-0.25, -0.2) is 5.01 Å². The molecule has 0 amide bonds. The van der Waals surface area contributed by atoms with E-state index in [1.165, 1.54) is 27.9 Å². The Morgan fingerprint density at radius 1 is 1.08 bits per heavy atom. The van der Waals surface area contributed by atoms with Crippen molar-refractivity contribution in [2.75, 3.05) is 26.2 Å². The van der Waals surface area contributed by atoms with Gasteiger partial charge in [0.25, 0.3) is 0 Å². The van der Waals surface area contributed by atoms with E-state index in [2.05, 4.69) is 30.0 Å². The molecule has 1 fully saturated rings. The van der Waals surface area contributed by atoms with Crippen molar-refractivity contribution in [2.45, 2.75) is 25.8 Å². The Morgan fingerprint density at radius 3 is 2.62 bits per heavy atom. The lowest BCUT2D eigenvalue weighted by atomic mass is 9.96. The Bertz CT molecular complexity index is 700. The van der Waals surface area contributed by atoms with Gasteiger partial charge in [-0.3, -0.25) is 15.7 Å². The molecule has 1 unspecified atom stereocenters. The second kappa shape index (κ2) is 6.45. The first kappa shape index (κ1) is 16.0. The van der Waals surface area contributed by atoms with Crippen molar-refractivity contribution in [1.29, 1.82) is 0 Å². The van der Waals surface area contributed by atoms with E-state index >= 15 is 0 Å². The first-order chi connectivity index (χ1) is 11.6. The molecule has 24 heavy (non-hydrogen) atoms. The van der Waals surface area contributed by atoms with Gasteiger partial charge in [0.15, 0.2) is 0 Å². The van der Waals surface area contributed by atoms with E-state index in [1.807, 2.05) is 17.3 Å². The minimum Gasteiger partial charge on any atom is -0.288 e. The van der Waals surface area contributed by atoms with Crippen molar-refractivity contribution in [3.05, 3.63) is 63.4 Å². The molecule has 0 radical (unpaired) electrons. The van der Waals surface area contributed by atoms with Crippen LogP contribution in [0.1, 0.15) is 34.0 Å². The number of benzene rings is 1. The van der Waals surface area contributed by atoms with Gasteiger partial charge < -0.3 is 0 Å². The second-order valence-corrected chi connectivity index (χ2v) is 7.31. The highest BCUT2D eigenvalue weighted by Gasteiger charge is 2.31. The Kier molecular flexibility index (Phi) is 4.31. The molecule has 1 aromatic heterocycles. The van der Waals surface area contributed by atoms with Gasteiger partial charge in [0.05, 0.1) is 11.7 Å². The van der Waals surface area contributed by atoms with Crippen LogP contribution in [-0.4, -0.2) is 41.1 Å². The highest BCUT2D eigenvalue weighted by molar-refractivity contribution is 6.30. The molecule has 1 aliphatic heterocycles. The van der Waals surface area contributed by atoms with Crippen LogP contribution in [0, 0.1) is 6.92 Å². The number of piperazine rings is 1. The van der Waals surface area contributed by atoms with Crippen molar-refractivity contribution >= 4 is 11.6 Å². The summed E-state index contributed by atoms with van der Waals surface area (Å²) in [6.45, 7) is 5.81. The largest absolute Gasteiger partial charge is 0.288 e. The number of halogens is 1. The van der Waals surface area contributed by atoms with Gasteiger partial charge in [-0.1, -0.05) is 23.7 Å². The summed E-state index contributed by atoms with van der Waals surface area (Å²) in [5, 5.41) is 2.72. The molecule has 4 nitrogen and oxygen atoms in total. The van der Waals surface area contributed by atoms with Gasteiger partial charge in [-0.2, -0.15) is 0 Å². The van der Waals surface area contributed by atoms with Gasteiger partial charge in [0.2, 0.25) is 0 Å². The zero-order chi connectivity index (χ0) is 16.7. The summed E-state index contributed by atoms with van der Waals surface area (Å²) in [5.41, 5.74) is 6.48. The van der Waals surface area contributed by atoms with E-state index < -0.39 is 0 Å². The Balaban J connectivity index is 1.82. The van der Waals surface area contributed by atoms with Crippen LogP contribution < -0.4 is 5.84 Å². The van der Waals surface area contributed by atoms with Crippen LogP contribution in [0.2, 0.25) is 5.02 Å². The molecule has 2 heterocycles. The number of aromatic nitrogens is 1.